The zero-order valence-corrected chi connectivity index (χ0v) is 9.20. The highest BCUT2D eigenvalue weighted by Gasteiger charge is 2.14. The number of nitrogens with one attached hydrogen (secondary N) is 2. The second-order valence-corrected chi connectivity index (χ2v) is 3.97. The van der Waals surface area contributed by atoms with Crippen LogP contribution < -0.4 is 15.5 Å². The normalized spacial score (nSPS) is 20.3. The van der Waals surface area contributed by atoms with E-state index in [0.29, 0.717) is 6.04 Å². The van der Waals surface area contributed by atoms with Crippen molar-refractivity contribution in [3.63, 3.8) is 0 Å². The van der Waals surface area contributed by atoms with E-state index in [2.05, 4.69) is 20.6 Å². The fourth-order valence-corrected chi connectivity index (χ4v) is 1.63. The summed E-state index contributed by atoms with van der Waals surface area (Å²) in [7, 11) is 3.88. The molecular weight excluding hydrogens is 190 g/mol. The van der Waals surface area contributed by atoms with Crippen molar-refractivity contribution in [3.05, 3.63) is 12.3 Å². The molecule has 2 N–H and O–H groups in total. The van der Waals surface area contributed by atoms with Gasteiger partial charge >= 0.3 is 0 Å². The molecule has 1 unspecified atom stereocenters. The Morgan fingerprint density at radius 3 is 3.07 bits per heavy atom. The van der Waals surface area contributed by atoms with Crippen LogP contribution in [0.1, 0.15) is 6.42 Å². The predicted octanol–water partition coefficient (Wildman–Crippen LogP) is 0.316. The Balaban J connectivity index is 2.04. The minimum absolute atomic E-state index is 0.495. The number of hydrogen-bond acceptors (Lipinski definition) is 5. The van der Waals surface area contributed by atoms with Gasteiger partial charge in [-0.1, -0.05) is 0 Å². The van der Waals surface area contributed by atoms with Gasteiger partial charge in [0.15, 0.2) is 0 Å². The van der Waals surface area contributed by atoms with Gasteiger partial charge in [0, 0.05) is 32.9 Å². The van der Waals surface area contributed by atoms with Crippen LogP contribution in [0.15, 0.2) is 12.3 Å². The first-order chi connectivity index (χ1) is 7.25. The van der Waals surface area contributed by atoms with E-state index in [1.54, 1.807) is 6.20 Å². The number of aromatic nitrogens is 2. The van der Waals surface area contributed by atoms with Crippen LogP contribution in [-0.2, 0) is 0 Å². The molecule has 0 saturated carbocycles. The van der Waals surface area contributed by atoms with E-state index in [9.17, 15) is 0 Å². The highest BCUT2D eigenvalue weighted by Crippen LogP contribution is 2.11. The van der Waals surface area contributed by atoms with Crippen LogP contribution in [-0.4, -0.2) is 43.2 Å². The Morgan fingerprint density at radius 1 is 1.53 bits per heavy atom. The van der Waals surface area contributed by atoms with Crippen molar-refractivity contribution in [2.45, 2.75) is 12.5 Å². The second-order valence-electron chi connectivity index (χ2n) is 3.97. The highest BCUT2D eigenvalue weighted by molar-refractivity contribution is 5.41. The summed E-state index contributed by atoms with van der Waals surface area (Å²) in [5.41, 5.74) is 0. The molecule has 1 aliphatic heterocycles. The zero-order valence-electron chi connectivity index (χ0n) is 9.20. The van der Waals surface area contributed by atoms with Gasteiger partial charge in [0.1, 0.15) is 5.82 Å². The molecule has 1 aromatic rings. The van der Waals surface area contributed by atoms with E-state index in [-0.39, 0.29) is 0 Å². The van der Waals surface area contributed by atoms with Crippen LogP contribution in [0.3, 0.4) is 0 Å². The average Bonchev–Trinajstić information content (AvgIpc) is 2.71. The average molecular weight is 207 g/mol. The Labute approximate surface area is 89.9 Å². The third-order valence-corrected chi connectivity index (χ3v) is 2.46. The standard InChI is InChI=1S/C10H17N5/c1-15(2)10-12-6-4-9(14-10)13-8-3-5-11-7-8/h4,6,8,11H,3,5,7H2,1-2H3,(H,12,13,14). The van der Waals surface area contributed by atoms with E-state index in [0.717, 1.165) is 31.3 Å². The maximum atomic E-state index is 4.41. The maximum Gasteiger partial charge on any atom is 0.226 e. The van der Waals surface area contributed by atoms with Gasteiger partial charge in [0.2, 0.25) is 5.95 Å². The van der Waals surface area contributed by atoms with E-state index < -0.39 is 0 Å². The molecule has 0 bridgehead atoms. The van der Waals surface area contributed by atoms with Gasteiger partial charge in [-0.05, 0) is 19.0 Å². The summed E-state index contributed by atoms with van der Waals surface area (Å²) in [6, 6.07) is 2.40. The molecule has 5 heteroatoms. The lowest BCUT2D eigenvalue weighted by Gasteiger charge is -2.14. The summed E-state index contributed by atoms with van der Waals surface area (Å²) < 4.78 is 0. The number of hydrogen-bond donors (Lipinski definition) is 2. The van der Waals surface area contributed by atoms with Crippen LogP contribution in [0.4, 0.5) is 11.8 Å². The van der Waals surface area contributed by atoms with Crippen LogP contribution in [0.5, 0.6) is 0 Å². The van der Waals surface area contributed by atoms with Crippen molar-refractivity contribution in [2.75, 3.05) is 37.4 Å². The Hall–Kier alpha value is -1.36. The molecule has 5 nitrogen and oxygen atoms in total. The van der Waals surface area contributed by atoms with Crippen molar-refractivity contribution in [1.29, 1.82) is 0 Å². The highest BCUT2D eigenvalue weighted by atomic mass is 15.2. The van der Waals surface area contributed by atoms with E-state index in [1.165, 1.54) is 0 Å². The van der Waals surface area contributed by atoms with Gasteiger partial charge in [0.25, 0.3) is 0 Å². The predicted molar refractivity (Wildman–Crippen MR) is 61.3 cm³/mol. The fourth-order valence-electron chi connectivity index (χ4n) is 1.63. The maximum absolute atomic E-state index is 4.41. The van der Waals surface area contributed by atoms with Crippen molar-refractivity contribution < 1.29 is 0 Å². The molecule has 0 aromatic carbocycles. The Bertz CT molecular complexity index is 319. The monoisotopic (exact) mass is 207 g/mol. The first-order valence-corrected chi connectivity index (χ1v) is 5.23. The number of nitrogens with zero attached hydrogens (tertiary/aromatic N) is 3. The topological polar surface area (TPSA) is 53.1 Å². The smallest absolute Gasteiger partial charge is 0.226 e. The summed E-state index contributed by atoms with van der Waals surface area (Å²) in [6.07, 6.45) is 2.94. The molecule has 1 saturated heterocycles. The van der Waals surface area contributed by atoms with Crippen molar-refractivity contribution in [1.82, 2.24) is 15.3 Å². The number of rotatable bonds is 3. The van der Waals surface area contributed by atoms with Crippen molar-refractivity contribution in [3.8, 4) is 0 Å². The molecule has 0 aliphatic carbocycles. The van der Waals surface area contributed by atoms with Crippen LogP contribution >= 0.6 is 0 Å². The third kappa shape index (κ3) is 2.56. The third-order valence-electron chi connectivity index (χ3n) is 2.46. The summed E-state index contributed by atoms with van der Waals surface area (Å²) in [5.74, 6) is 1.65. The lowest BCUT2D eigenvalue weighted by Crippen LogP contribution is -2.23. The van der Waals surface area contributed by atoms with Crippen LogP contribution in [0, 0.1) is 0 Å². The summed E-state index contributed by atoms with van der Waals surface area (Å²) in [5, 5.41) is 6.71. The van der Waals surface area contributed by atoms with Crippen molar-refractivity contribution >= 4 is 11.8 Å². The van der Waals surface area contributed by atoms with Crippen LogP contribution in [0.2, 0.25) is 0 Å². The minimum Gasteiger partial charge on any atom is -0.366 e. The molecular formula is C10H17N5. The minimum atomic E-state index is 0.495. The van der Waals surface area contributed by atoms with Gasteiger partial charge in [-0.15, -0.1) is 0 Å². The molecule has 1 aromatic heterocycles. The van der Waals surface area contributed by atoms with E-state index >= 15 is 0 Å². The van der Waals surface area contributed by atoms with Gasteiger partial charge in [-0.2, -0.15) is 4.98 Å². The van der Waals surface area contributed by atoms with Gasteiger partial charge in [-0.3, -0.25) is 0 Å². The first-order valence-electron chi connectivity index (χ1n) is 5.23. The lowest BCUT2D eigenvalue weighted by atomic mass is 10.2. The molecule has 1 atom stereocenters. The molecule has 15 heavy (non-hydrogen) atoms. The summed E-state index contributed by atoms with van der Waals surface area (Å²) in [6.45, 7) is 2.10. The van der Waals surface area contributed by atoms with E-state index in [4.69, 9.17) is 0 Å². The Kier molecular flexibility index (Phi) is 3.01. The fraction of sp³-hybridized carbons (Fsp3) is 0.600. The van der Waals surface area contributed by atoms with Crippen LogP contribution in [0.25, 0.3) is 0 Å². The SMILES string of the molecule is CN(C)c1nccc(NC2CCNC2)n1. The molecule has 1 fully saturated rings. The molecule has 0 radical (unpaired) electrons. The molecule has 0 amide bonds. The summed E-state index contributed by atoms with van der Waals surface area (Å²) in [4.78, 5) is 10.5. The molecule has 1 aliphatic rings. The first kappa shape index (κ1) is 10.2. The van der Waals surface area contributed by atoms with Crippen molar-refractivity contribution in [2.24, 2.45) is 0 Å². The molecule has 82 valence electrons. The van der Waals surface area contributed by atoms with Gasteiger partial charge in [-0.25, -0.2) is 4.98 Å². The van der Waals surface area contributed by atoms with Gasteiger partial charge in [0.05, 0.1) is 0 Å². The molecule has 2 heterocycles. The quantitative estimate of drug-likeness (QED) is 0.747. The van der Waals surface area contributed by atoms with E-state index in [1.807, 2.05) is 25.1 Å². The molecule has 2 rings (SSSR count). The summed E-state index contributed by atoms with van der Waals surface area (Å²) >= 11 is 0. The Morgan fingerprint density at radius 2 is 2.40 bits per heavy atom. The molecule has 0 spiro atoms. The second kappa shape index (κ2) is 4.44. The van der Waals surface area contributed by atoms with Gasteiger partial charge < -0.3 is 15.5 Å². The largest absolute Gasteiger partial charge is 0.366 e. The number of anilines is 2. The lowest BCUT2D eigenvalue weighted by molar-refractivity contribution is 0.786. The zero-order chi connectivity index (χ0) is 10.7.